The van der Waals surface area contributed by atoms with Gasteiger partial charge in [0.2, 0.25) is 0 Å². The van der Waals surface area contributed by atoms with Crippen LogP contribution >= 0.6 is 0 Å². The smallest absolute Gasteiger partial charge is 0.399 e. The third-order valence-electron chi connectivity index (χ3n) is 3.95. The summed E-state index contributed by atoms with van der Waals surface area (Å²) >= 11 is 0. The van der Waals surface area contributed by atoms with Crippen molar-refractivity contribution in [1.82, 2.24) is 4.98 Å². The van der Waals surface area contributed by atoms with E-state index in [-0.39, 0.29) is 0 Å². The molecule has 2 heterocycles. The molecule has 1 aliphatic rings. The normalized spacial score (nSPS) is 22.5. The Hall–Kier alpha value is -0.715. The van der Waals surface area contributed by atoms with Gasteiger partial charge in [-0.15, -0.1) is 0 Å². The van der Waals surface area contributed by atoms with E-state index in [2.05, 4.69) is 4.98 Å². The van der Waals surface area contributed by atoms with Gasteiger partial charge in [0.1, 0.15) is 0 Å². The maximum atomic E-state index is 11.9. The van der Waals surface area contributed by atoms with E-state index in [0.717, 1.165) is 16.1 Å². The van der Waals surface area contributed by atoms with E-state index in [1.165, 1.54) is 0 Å². The summed E-state index contributed by atoms with van der Waals surface area (Å²) in [7, 11) is -1.61. The maximum Gasteiger partial charge on any atom is 0.497 e. The molecule has 0 N–H and O–H groups in total. The Balaban J connectivity index is 2.48. The number of pyridine rings is 1. The van der Waals surface area contributed by atoms with Crippen LogP contribution in [0.25, 0.3) is 0 Å². The van der Waals surface area contributed by atoms with Crippen molar-refractivity contribution < 1.29 is 13.5 Å². The van der Waals surface area contributed by atoms with Gasteiger partial charge in [-0.3, -0.25) is 9.19 Å². The molecule has 0 aromatic carbocycles. The van der Waals surface area contributed by atoms with Crippen LogP contribution in [0, 0.1) is 6.92 Å². The van der Waals surface area contributed by atoms with E-state index in [1.807, 2.05) is 34.6 Å². The zero-order valence-corrected chi connectivity index (χ0v) is 13.1. The van der Waals surface area contributed by atoms with Gasteiger partial charge in [-0.2, -0.15) is 0 Å². The zero-order valence-electron chi connectivity index (χ0n) is 12.3. The molecular weight excluding hydrogens is 261 g/mol. The number of hydrogen-bond donors (Lipinski definition) is 0. The lowest BCUT2D eigenvalue weighted by Crippen LogP contribution is -2.41. The van der Waals surface area contributed by atoms with Gasteiger partial charge in [0.25, 0.3) is 0 Å². The fourth-order valence-electron chi connectivity index (χ4n) is 2.05. The second-order valence-electron chi connectivity index (χ2n) is 5.85. The van der Waals surface area contributed by atoms with Crippen LogP contribution < -0.4 is 5.46 Å². The molecule has 0 spiro atoms. The molecule has 4 nitrogen and oxygen atoms in total. The van der Waals surface area contributed by atoms with E-state index < -0.39 is 29.1 Å². The summed E-state index contributed by atoms with van der Waals surface area (Å²) in [6.07, 6.45) is 3.32. The van der Waals surface area contributed by atoms with Crippen molar-refractivity contribution in [2.45, 2.75) is 50.7 Å². The van der Waals surface area contributed by atoms with Gasteiger partial charge in [0.15, 0.2) is 0 Å². The van der Waals surface area contributed by atoms with Gasteiger partial charge in [-0.1, -0.05) is 0 Å². The Morgan fingerprint density at radius 3 is 2.21 bits per heavy atom. The molecule has 1 saturated heterocycles. The van der Waals surface area contributed by atoms with Gasteiger partial charge in [-0.25, -0.2) is 0 Å². The summed E-state index contributed by atoms with van der Waals surface area (Å²) in [5.41, 5.74) is 0.770. The quantitative estimate of drug-likeness (QED) is 0.769. The van der Waals surface area contributed by atoms with Gasteiger partial charge >= 0.3 is 7.12 Å². The van der Waals surface area contributed by atoms with Crippen LogP contribution in [0.4, 0.5) is 0 Å². The summed E-state index contributed by atoms with van der Waals surface area (Å²) in [5, 5.41) is 0. The van der Waals surface area contributed by atoms with Crippen molar-refractivity contribution in [2.75, 3.05) is 6.26 Å². The first kappa shape index (κ1) is 14.7. The van der Waals surface area contributed by atoms with Crippen molar-refractivity contribution in [3.63, 3.8) is 0 Å². The molecule has 0 radical (unpaired) electrons. The van der Waals surface area contributed by atoms with Crippen LogP contribution in [-0.2, 0) is 20.1 Å². The van der Waals surface area contributed by atoms with E-state index in [4.69, 9.17) is 9.31 Å². The highest BCUT2D eigenvalue weighted by molar-refractivity contribution is 7.84. The lowest BCUT2D eigenvalue weighted by atomic mass is 9.78. The van der Waals surface area contributed by atoms with E-state index in [9.17, 15) is 4.21 Å². The van der Waals surface area contributed by atoms with Gasteiger partial charge in [-0.05, 0) is 40.7 Å². The monoisotopic (exact) mass is 281 g/mol. The average Bonchev–Trinajstić information content (AvgIpc) is 2.47. The molecule has 1 aliphatic heterocycles. The Kier molecular flexibility index (Phi) is 3.62. The molecule has 1 atom stereocenters. The first-order valence-corrected chi connectivity index (χ1v) is 7.86. The van der Waals surface area contributed by atoms with Gasteiger partial charge in [0.05, 0.1) is 11.2 Å². The first-order valence-electron chi connectivity index (χ1n) is 6.30. The van der Waals surface area contributed by atoms with Gasteiger partial charge < -0.3 is 9.31 Å². The minimum atomic E-state index is -1.10. The second kappa shape index (κ2) is 4.68. The van der Waals surface area contributed by atoms with Crippen LogP contribution in [-0.4, -0.2) is 33.8 Å². The summed E-state index contributed by atoms with van der Waals surface area (Å²) in [6.45, 7) is 9.89. The lowest BCUT2D eigenvalue weighted by Gasteiger charge is -2.32. The molecule has 1 aromatic rings. The van der Waals surface area contributed by atoms with Crippen molar-refractivity contribution >= 4 is 23.4 Å². The minimum Gasteiger partial charge on any atom is -0.399 e. The minimum absolute atomic E-state index is 0.410. The number of nitrogens with zero attached hydrogens (tertiary/aromatic N) is 1. The standard InChI is InChI=1S/C13H20BNO3S/c1-9-11(10(19(6)16)7-8-15-9)14-17-12(2,3)13(4,5)18-14/h7-8H,1-6H3. The SMILES string of the molecule is Cc1nccc(S(C)=O)c1B1OC(C)(C)C(C)(C)O1. The fourth-order valence-corrected chi connectivity index (χ4v) is 2.86. The molecule has 6 heteroatoms. The van der Waals surface area contributed by atoms with E-state index >= 15 is 0 Å². The van der Waals surface area contributed by atoms with Crippen LogP contribution in [0.3, 0.4) is 0 Å². The number of hydrogen-bond acceptors (Lipinski definition) is 4. The van der Waals surface area contributed by atoms with Gasteiger partial charge in [0, 0.05) is 39.3 Å². The molecule has 0 amide bonds. The molecule has 104 valence electrons. The predicted molar refractivity (Wildman–Crippen MR) is 77.0 cm³/mol. The average molecular weight is 281 g/mol. The molecule has 0 bridgehead atoms. The third-order valence-corrected chi connectivity index (χ3v) is 4.92. The molecule has 0 aliphatic carbocycles. The predicted octanol–water partition coefficient (Wildman–Crippen LogP) is 1.43. The van der Waals surface area contributed by atoms with E-state index in [1.54, 1.807) is 18.5 Å². The zero-order chi connectivity index (χ0) is 14.4. The molecular formula is C13H20BNO3S. The van der Waals surface area contributed by atoms with Crippen LogP contribution in [0.15, 0.2) is 17.2 Å². The highest BCUT2D eigenvalue weighted by Crippen LogP contribution is 2.36. The Bertz CT molecular complexity index is 515. The molecule has 1 aromatic heterocycles. The summed E-state index contributed by atoms with van der Waals surface area (Å²) in [5.74, 6) is 0. The van der Waals surface area contributed by atoms with Crippen molar-refractivity contribution in [3.05, 3.63) is 18.0 Å². The molecule has 19 heavy (non-hydrogen) atoms. The number of aryl methyl sites for hydroxylation is 1. The number of aromatic nitrogens is 1. The Morgan fingerprint density at radius 1 is 1.21 bits per heavy atom. The van der Waals surface area contributed by atoms with Crippen LogP contribution in [0.1, 0.15) is 33.4 Å². The first-order chi connectivity index (χ1) is 8.66. The maximum absolute atomic E-state index is 11.9. The highest BCUT2D eigenvalue weighted by Gasteiger charge is 2.52. The lowest BCUT2D eigenvalue weighted by molar-refractivity contribution is 0.00578. The van der Waals surface area contributed by atoms with Crippen molar-refractivity contribution in [3.8, 4) is 0 Å². The second-order valence-corrected chi connectivity index (χ2v) is 7.20. The summed E-state index contributed by atoms with van der Waals surface area (Å²) < 4.78 is 23.9. The highest BCUT2D eigenvalue weighted by atomic mass is 32.2. The molecule has 0 saturated carbocycles. The largest absolute Gasteiger partial charge is 0.497 e. The third kappa shape index (κ3) is 2.49. The summed E-state index contributed by atoms with van der Waals surface area (Å²) in [4.78, 5) is 5.00. The molecule has 2 rings (SSSR count). The van der Waals surface area contributed by atoms with Crippen LogP contribution in [0.5, 0.6) is 0 Å². The van der Waals surface area contributed by atoms with Crippen molar-refractivity contribution in [1.29, 1.82) is 0 Å². The molecule has 1 unspecified atom stereocenters. The van der Waals surface area contributed by atoms with E-state index in [0.29, 0.717) is 0 Å². The number of rotatable bonds is 2. The van der Waals surface area contributed by atoms with Crippen molar-refractivity contribution in [2.24, 2.45) is 0 Å². The fraction of sp³-hybridized carbons (Fsp3) is 0.615. The Labute approximate surface area is 117 Å². The topological polar surface area (TPSA) is 48.4 Å². The molecule has 1 fully saturated rings. The Morgan fingerprint density at radius 2 is 1.74 bits per heavy atom. The van der Waals surface area contributed by atoms with Crippen LogP contribution in [0.2, 0.25) is 0 Å². The summed E-state index contributed by atoms with van der Waals surface area (Å²) in [6, 6.07) is 1.77.